The van der Waals surface area contributed by atoms with Crippen LogP contribution in [0.15, 0.2) is 21.9 Å². The molecule has 2 heterocycles. The van der Waals surface area contributed by atoms with Crippen LogP contribution in [0, 0.1) is 5.41 Å². The number of carbonyl (C=O) groups excluding carboxylic acids is 2. The molecule has 1 aliphatic carbocycles. The maximum absolute atomic E-state index is 12.8. The first-order chi connectivity index (χ1) is 11.2. The van der Waals surface area contributed by atoms with E-state index in [1.807, 2.05) is 0 Å². The number of amides is 1. The van der Waals surface area contributed by atoms with Gasteiger partial charge >= 0.3 is 5.97 Å². The molecule has 1 atom stereocenters. The van der Waals surface area contributed by atoms with Gasteiger partial charge in [0.05, 0.1) is 0 Å². The Balaban J connectivity index is 1.85. The smallest absolute Gasteiger partial charge is 0.322 e. The Labute approximate surface area is 143 Å². The lowest BCUT2D eigenvalue weighted by Crippen LogP contribution is -2.51. The van der Waals surface area contributed by atoms with Gasteiger partial charge in [-0.05, 0) is 42.2 Å². The van der Waals surface area contributed by atoms with Crippen molar-refractivity contribution in [1.29, 1.82) is 0 Å². The Morgan fingerprint density at radius 1 is 1.46 bits per heavy atom. The Morgan fingerprint density at radius 3 is 2.83 bits per heavy atom. The van der Waals surface area contributed by atoms with E-state index in [2.05, 4.69) is 24.6 Å². The number of hydrogen-bond donors (Lipinski definition) is 4. The van der Waals surface area contributed by atoms with Crippen LogP contribution in [0.25, 0.3) is 0 Å². The van der Waals surface area contributed by atoms with E-state index in [4.69, 9.17) is 5.11 Å². The second-order valence-electron chi connectivity index (χ2n) is 6.89. The van der Waals surface area contributed by atoms with Crippen molar-refractivity contribution in [3.05, 3.63) is 21.9 Å². The molecule has 0 aromatic carbocycles. The molecular formula is C15H19N3O5S. The second-order valence-corrected chi connectivity index (χ2v) is 7.95. The number of fused-ring (bicyclic) bond motifs is 2. The summed E-state index contributed by atoms with van der Waals surface area (Å²) in [6.07, 6.45) is 2.55. The van der Waals surface area contributed by atoms with E-state index in [0.29, 0.717) is 0 Å². The lowest BCUT2D eigenvalue weighted by atomic mass is 9.76. The first-order valence-electron chi connectivity index (χ1n) is 7.63. The number of nitrogens with zero attached hydrogens (tertiary/aromatic N) is 1. The summed E-state index contributed by atoms with van der Waals surface area (Å²) in [7, 11) is 0. The highest BCUT2D eigenvalue weighted by Crippen LogP contribution is 2.51. The molecular weight excluding hydrogens is 334 g/mol. The first kappa shape index (κ1) is 16.8. The van der Waals surface area contributed by atoms with Crippen molar-refractivity contribution < 1.29 is 24.6 Å². The fourth-order valence-electron chi connectivity index (χ4n) is 3.17. The second kappa shape index (κ2) is 5.82. The number of carbonyl (C=O) groups is 3. The van der Waals surface area contributed by atoms with Crippen molar-refractivity contribution in [2.24, 2.45) is 5.41 Å². The Hall–Kier alpha value is -2.00. The number of nitrogens with one attached hydrogen (secondary N) is 2. The minimum absolute atomic E-state index is 0.153. The molecule has 0 radical (unpaired) electrons. The monoisotopic (exact) mass is 353 g/mol. The number of hydrazine groups is 1. The highest BCUT2D eigenvalue weighted by Gasteiger charge is 2.48. The highest BCUT2D eigenvalue weighted by atomic mass is 32.2. The number of carboxylic acids is 1. The number of ketones is 1. The number of rotatable bonds is 3. The van der Waals surface area contributed by atoms with E-state index in [1.54, 1.807) is 4.41 Å². The van der Waals surface area contributed by atoms with Crippen LogP contribution < -0.4 is 10.7 Å². The number of aliphatic hydroxyl groups excluding tert-OH is 1. The van der Waals surface area contributed by atoms with Gasteiger partial charge in [-0.1, -0.05) is 13.8 Å². The van der Waals surface area contributed by atoms with Crippen LogP contribution >= 0.6 is 11.9 Å². The topological polar surface area (TPSA) is 119 Å². The number of aliphatic carboxylic acids is 1. The Morgan fingerprint density at radius 2 is 2.17 bits per heavy atom. The molecule has 0 spiro atoms. The van der Waals surface area contributed by atoms with E-state index >= 15 is 0 Å². The lowest BCUT2D eigenvalue weighted by molar-refractivity contribution is -0.138. The van der Waals surface area contributed by atoms with Crippen molar-refractivity contribution in [2.45, 2.75) is 39.2 Å². The summed E-state index contributed by atoms with van der Waals surface area (Å²) >= 11 is 1.38. The van der Waals surface area contributed by atoms with Gasteiger partial charge in [0.1, 0.15) is 18.2 Å². The van der Waals surface area contributed by atoms with Gasteiger partial charge in [-0.3, -0.25) is 19.8 Å². The van der Waals surface area contributed by atoms with Crippen molar-refractivity contribution in [3.8, 4) is 0 Å². The number of allylic oxidation sites excluding steroid dienone is 1. The Kier molecular flexibility index (Phi) is 4.08. The third-order valence-corrected chi connectivity index (χ3v) is 5.54. The van der Waals surface area contributed by atoms with Crippen LogP contribution in [0.5, 0.6) is 0 Å². The first-order valence-corrected chi connectivity index (χ1v) is 8.40. The maximum Gasteiger partial charge on any atom is 0.322 e. The van der Waals surface area contributed by atoms with Crippen LogP contribution in [-0.2, 0) is 14.4 Å². The average molecular weight is 353 g/mol. The molecule has 24 heavy (non-hydrogen) atoms. The zero-order chi connectivity index (χ0) is 17.6. The van der Waals surface area contributed by atoms with Gasteiger partial charge in [0.15, 0.2) is 5.78 Å². The fraction of sp³-hybridized carbons (Fsp3) is 0.533. The van der Waals surface area contributed by atoms with Gasteiger partial charge in [-0.25, -0.2) is 0 Å². The van der Waals surface area contributed by atoms with E-state index in [0.717, 1.165) is 29.7 Å². The van der Waals surface area contributed by atoms with Gasteiger partial charge in [0, 0.05) is 4.91 Å². The quantitative estimate of drug-likeness (QED) is 0.435. The number of Topliss-reactive ketones (excluding diaryl/α,β-unsaturated/α-hetero) is 1. The van der Waals surface area contributed by atoms with Crippen LogP contribution in [0.3, 0.4) is 0 Å². The summed E-state index contributed by atoms with van der Waals surface area (Å²) in [5.41, 5.74) is 3.38. The molecule has 4 N–H and O–H groups in total. The van der Waals surface area contributed by atoms with Gasteiger partial charge < -0.3 is 15.5 Å². The van der Waals surface area contributed by atoms with Gasteiger partial charge in [0.25, 0.3) is 5.91 Å². The van der Waals surface area contributed by atoms with Gasteiger partial charge in [-0.15, -0.1) is 4.41 Å². The minimum Gasteiger partial charge on any atom is -0.493 e. The predicted molar refractivity (Wildman–Crippen MR) is 86.3 cm³/mol. The van der Waals surface area contributed by atoms with E-state index in [-0.39, 0.29) is 5.41 Å². The van der Waals surface area contributed by atoms with Crippen molar-refractivity contribution in [2.75, 3.05) is 6.54 Å². The third kappa shape index (κ3) is 2.89. The van der Waals surface area contributed by atoms with Crippen molar-refractivity contribution in [1.82, 2.24) is 15.2 Å². The summed E-state index contributed by atoms with van der Waals surface area (Å²) in [5.74, 6) is -3.17. The number of aliphatic hydroxyl groups is 1. The van der Waals surface area contributed by atoms with Crippen molar-refractivity contribution >= 4 is 29.6 Å². The third-order valence-electron chi connectivity index (χ3n) is 4.42. The molecule has 0 fully saturated rings. The largest absolute Gasteiger partial charge is 0.493 e. The maximum atomic E-state index is 12.8. The fourth-order valence-corrected chi connectivity index (χ4v) is 4.66. The summed E-state index contributed by atoms with van der Waals surface area (Å²) in [4.78, 5) is 36.5. The molecule has 3 aliphatic rings. The molecule has 0 aromatic rings. The number of carboxylic acid groups (broad SMARTS) is 1. The summed E-state index contributed by atoms with van der Waals surface area (Å²) in [6.45, 7) is 3.73. The van der Waals surface area contributed by atoms with Crippen LogP contribution in [0.1, 0.15) is 33.1 Å². The molecule has 8 nitrogen and oxygen atoms in total. The minimum atomic E-state index is -1.22. The molecule has 3 rings (SSSR count). The van der Waals surface area contributed by atoms with Gasteiger partial charge in [0.2, 0.25) is 5.88 Å². The summed E-state index contributed by atoms with van der Waals surface area (Å²) < 4.78 is 1.57. The van der Waals surface area contributed by atoms with Crippen LogP contribution in [-0.4, -0.2) is 44.9 Å². The molecule has 0 aromatic heterocycles. The molecule has 9 heteroatoms. The molecule has 2 aliphatic heterocycles. The van der Waals surface area contributed by atoms with E-state index in [1.165, 1.54) is 11.9 Å². The zero-order valence-electron chi connectivity index (χ0n) is 13.4. The standard InChI is InChI=1S/C15H19N3O5S/c1-15(2)4-3-7-8(5-15)24-18-11(7)12(21)10(14(23)17-18)13(22)16-6-9(19)20/h11,17,23H,3-6H2,1-2H3,(H,16,22)(H,19,20). The SMILES string of the molecule is CC1(C)CCC2=C(C1)SN1NC(O)=C(C(=O)NCC(=O)O)C(=O)C21. The van der Waals surface area contributed by atoms with Crippen LogP contribution in [0.2, 0.25) is 0 Å². The molecule has 0 bridgehead atoms. The highest BCUT2D eigenvalue weighted by molar-refractivity contribution is 8.01. The zero-order valence-corrected chi connectivity index (χ0v) is 14.2. The normalized spacial score (nSPS) is 25.9. The van der Waals surface area contributed by atoms with E-state index < -0.39 is 41.7 Å². The lowest BCUT2D eigenvalue weighted by Gasteiger charge is -2.32. The molecule has 1 amide bonds. The molecule has 130 valence electrons. The number of hydrogen-bond acceptors (Lipinski definition) is 7. The summed E-state index contributed by atoms with van der Waals surface area (Å²) in [6, 6.07) is -0.637. The Bertz CT molecular complexity index is 697. The summed E-state index contributed by atoms with van der Waals surface area (Å²) in [5, 5.41) is 20.8. The van der Waals surface area contributed by atoms with Crippen molar-refractivity contribution in [3.63, 3.8) is 0 Å². The molecule has 0 saturated carbocycles. The average Bonchev–Trinajstić information content (AvgIpc) is 2.80. The van der Waals surface area contributed by atoms with E-state index in [9.17, 15) is 19.5 Å². The van der Waals surface area contributed by atoms with Gasteiger partial charge in [-0.2, -0.15) is 0 Å². The molecule has 0 saturated heterocycles. The molecule has 1 unspecified atom stereocenters. The van der Waals surface area contributed by atoms with Crippen LogP contribution in [0.4, 0.5) is 0 Å². The predicted octanol–water partition coefficient (Wildman–Crippen LogP) is 0.841.